The number of rotatable bonds is 5. The van der Waals surface area contributed by atoms with Crippen LogP contribution in [0.4, 0.5) is 13.6 Å². The van der Waals surface area contributed by atoms with Crippen LogP contribution in [-0.4, -0.2) is 60.5 Å². The van der Waals surface area contributed by atoms with E-state index in [1.807, 2.05) is 27.7 Å². The van der Waals surface area contributed by atoms with E-state index in [1.54, 1.807) is 25.7 Å². The summed E-state index contributed by atoms with van der Waals surface area (Å²) < 4.78 is 46.6. The molecule has 2 aliphatic rings. The Labute approximate surface area is 207 Å². The Hall–Kier alpha value is -2.20. The summed E-state index contributed by atoms with van der Waals surface area (Å²) in [6, 6.07) is 2.12. The van der Waals surface area contributed by atoms with Gasteiger partial charge in [0, 0.05) is 25.1 Å². The Morgan fingerprint density at radius 1 is 1.09 bits per heavy atom. The predicted octanol–water partition coefficient (Wildman–Crippen LogP) is 3.57. The molecule has 0 radical (unpaired) electrons. The van der Waals surface area contributed by atoms with Gasteiger partial charge in [-0.1, -0.05) is 0 Å². The third-order valence-electron chi connectivity index (χ3n) is 6.92. The normalized spacial score (nSPS) is 20.1. The third kappa shape index (κ3) is 6.73. The molecule has 0 atom stereocenters. The highest BCUT2D eigenvalue weighted by Crippen LogP contribution is 2.36. The first-order valence-electron chi connectivity index (χ1n) is 12.2. The fourth-order valence-corrected chi connectivity index (χ4v) is 4.09. The number of carbonyl (C=O) groups is 2. The van der Waals surface area contributed by atoms with Gasteiger partial charge in [0.05, 0.1) is 17.6 Å². The van der Waals surface area contributed by atoms with E-state index >= 15 is 0 Å². The van der Waals surface area contributed by atoms with Crippen LogP contribution in [0.5, 0.6) is 0 Å². The zero-order chi connectivity index (χ0) is 26.2. The van der Waals surface area contributed by atoms with Gasteiger partial charge in [0.2, 0.25) is 5.91 Å². The lowest BCUT2D eigenvalue weighted by Gasteiger charge is -2.32. The Balaban J connectivity index is 1.54. The van der Waals surface area contributed by atoms with Crippen LogP contribution in [0.3, 0.4) is 0 Å². The Kier molecular flexibility index (Phi) is 7.86. The highest BCUT2D eigenvalue weighted by molar-refractivity contribution is 6.62. The first-order chi connectivity index (χ1) is 16.1. The molecule has 0 unspecified atom stereocenters. The number of hydrogen-bond donors (Lipinski definition) is 1. The molecular weight excluding hydrogens is 457 g/mol. The van der Waals surface area contributed by atoms with E-state index in [0.717, 1.165) is 12.1 Å². The topological polar surface area (TPSA) is 77.1 Å². The van der Waals surface area contributed by atoms with Crippen molar-refractivity contribution in [3.05, 3.63) is 29.3 Å². The van der Waals surface area contributed by atoms with Crippen LogP contribution in [0.1, 0.15) is 66.9 Å². The smallest absolute Gasteiger partial charge is 0.444 e. The van der Waals surface area contributed by atoms with Crippen molar-refractivity contribution in [2.75, 3.05) is 19.6 Å². The second-order valence-corrected chi connectivity index (χ2v) is 11.4. The predicted molar refractivity (Wildman–Crippen MR) is 129 cm³/mol. The fraction of sp³-hybridized carbons (Fsp3) is 0.680. The molecule has 1 aromatic carbocycles. The average molecular weight is 494 g/mol. The van der Waals surface area contributed by atoms with E-state index in [0.29, 0.717) is 32.5 Å². The molecule has 0 spiro atoms. The lowest BCUT2D eigenvalue weighted by molar-refractivity contribution is -0.131. The maximum atomic E-state index is 14.9. The minimum absolute atomic E-state index is 0.00137. The molecule has 2 saturated heterocycles. The number of benzene rings is 1. The highest BCUT2D eigenvalue weighted by atomic mass is 19.1. The van der Waals surface area contributed by atoms with Crippen molar-refractivity contribution in [2.45, 2.75) is 84.5 Å². The number of nitrogens with one attached hydrogen (secondary N) is 1. The van der Waals surface area contributed by atoms with Gasteiger partial charge in [-0.2, -0.15) is 0 Å². The summed E-state index contributed by atoms with van der Waals surface area (Å²) in [7, 11) is -1.02. The molecule has 0 aliphatic carbocycles. The second kappa shape index (κ2) is 10.0. The van der Waals surface area contributed by atoms with Gasteiger partial charge in [0.25, 0.3) is 0 Å². The molecule has 194 valence electrons. The number of alkyl carbamates (subject to hydrolysis) is 1. The van der Waals surface area contributed by atoms with Crippen molar-refractivity contribution < 1.29 is 32.4 Å². The lowest BCUT2D eigenvalue weighted by atomic mass is 9.78. The highest BCUT2D eigenvalue weighted by Gasteiger charge is 2.52. The first kappa shape index (κ1) is 27.4. The van der Waals surface area contributed by atoms with Crippen LogP contribution < -0.4 is 10.8 Å². The summed E-state index contributed by atoms with van der Waals surface area (Å²) in [6.07, 6.45) is 0.726. The summed E-state index contributed by atoms with van der Waals surface area (Å²) in [5, 5.41) is 2.77. The largest absolute Gasteiger partial charge is 0.497 e. The molecule has 7 nitrogen and oxygen atoms in total. The Morgan fingerprint density at radius 3 is 2.20 bits per heavy atom. The van der Waals surface area contributed by atoms with Crippen LogP contribution in [0, 0.1) is 17.6 Å². The SMILES string of the molecule is CC(C)(C)OC(=O)NCC1CCN(C(=O)Cc2cc(F)c(B3OC(C)(C)C(C)(C)O3)cc2F)CC1. The minimum Gasteiger partial charge on any atom is -0.444 e. The molecule has 10 heteroatoms. The quantitative estimate of drug-likeness (QED) is 0.634. The van der Waals surface area contributed by atoms with Gasteiger partial charge in [-0.05, 0) is 84.9 Å². The lowest BCUT2D eigenvalue weighted by Crippen LogP contribution is -2.43. The van der Waals surface area contributed by atoms with Crippen molar-refractivity contribution in [2.24, 2.45) is 5.92 Å². The number of piperidine rings is 1. The van der Waals surface area contributed by atoms with Crippen LogP contribution in [0.25, 0.3) is 0 Å². The van der Waals surface area contributed by atoms with E-state index in [1.165, 1.54) is 0 Å². The summed E-state index contributed by atoms with van der Waals surface area (Å²) in [5.41, 5.74) is -1.93. The standard InChI is InChI=1S/C25H37BF2N2O5/c1-23(2,3)33-22(32)29-15-16-8-10-30(11-9-16)21(31)13-17-12-20(28)18(14-19(17)27)26-34-24(4,5)25(6,7)35-26/h12,14,16H,8-11,13,15H2,1-7H3,(H,29,32). The number of ether oxygens (including phenoxy) is 1. The van der Waals surface area contributed by atoms with Gasteiger partial charge >= 0.3 is 13.2 Å². The van der Waals surface area contributed by atoms with Gasteiger partial charge < -0.3 is 24.3 Å². The van der Waals surface area contributed by atoms with Crippen molar-refractivity contribution in [1.29, 1.82) is 0 Å². The van der Waals surface area contributed by atoms with Crippen molar-refractivity contribution >= 4 is 24.6 Å². The monoisotopic (exact) mass is 494 g/mol. The zero-order valence-electron chi connectivity index (χ0n) is 21.8. The molecule has 0 saturated carbocycles. The molecule has 1 aromatic rings. The molecule has 35 heavy (non-hydrogen) atoms. The molecule has 1 N–H and O–H groups in total. The van der Waals surface area contributed by atoms with Crippen LogP contribution >= 0.6 is 0 Å². The minimum atomic E-state index is -1.02. The van der Waals surface area contributed by atoms with Crippen molar-refractivity contribution in [3.63, 3.8) is 0 Å². The Morgan fingerprint density at radius 2 is 1.66 bits per heavy atom. The Bertz CT molecular complexity index is 940. The molecule has 0 aromatic heterocycles. The molecule has 3 rings (SSSR count). The molecule has 2 amide bonds. The van der Waals surface area contributed by atoms with Gasteiger partial charge in [0.15, 0.2) is 0 Å². The second-order valence-electron chi connectivity index (χ2n) is 11.4. The molecule has 2 heterocycles. The first-order valence-corrected chi connectivity index (χ1v) is 12.2. The fourth-order valence-electron chi connectivity index (χ4n) is 4.09. The van der Waals surface area contributed by atoms with E-state index in [2.05, 4.69) is 5.32 Å². The van der Waals surface area contributed by atoms with E-state index < -0.39 is 41.6 Å². The maximum absolute atomic E-state index is 14.9. The number of likely N-dealkylation sites (tertiary alicyclic amines) is 1. The molecular formula is C25H37BF2N2O5. The number of nitrogens with zero attached hydrogens (tertiary/aromatic N) is 1. The van der Waals surface area contributed by atoms with Crippen LogP contribution in [0.15, 0.2) is 12.1 Å². The van der Waals surface area contributed by atoms with Gasteiger partial charge in [-0.15, -0.1) is 0 Å². The third-order valence-corrected chi connectivity index (χ3v) is 6.92. The summed E-state index contributed by atoms with van der Waals surface area (Å²) in [5.74, 6) is -1.37. The van der Waals surface area contributed by atoms with E-state index in [-0.39, 0.29) is 29.3 Å². The number of hydrogen-bond acceptors (Lipinski definition) is 5. The van der Waals surface area contributed by atoms with Gasteiger partial charge in [0.1, 0.15) is 17.2 Å². The summed E-state index contributed by atoms with van der Waals surface area (Å²) >= 11 is 0. The van der Waals surface area contributed by atoms with Gasteiger partial charge in [-0.25, -0.2) is 13.6 Å². The molecule has 2 fully saturated rings. The van der Waals surface area contributed by atoms with Crippen LogP contribution in [0.2, 0.25) is 0 Å². The molecule has 2 aliphatic heterocycles. The van der Waals surface area contributed by atoms with E-state index in [9.17, 15) is 18.4 Å². The summed E-state index contributed by atoms with van der Waals surface area (Å²) in [4.78, 5) is 26.3. The number of halogens is 2. The maximum Gasteiger partial charge on any atom is 0.497 e. The van der Waals surface area contributed by atoms with Crippen LogP contribution in [-0.2, 0) is 25.3 Å². The van der Waals surface area contributed by atoms with Crippen molar-refractivity contribution in [3.8, 4) is 0 Å². The average Bonchev–Trinajstić information content (AvgIpc) is 2.94. The number of amides is 2. The van der Waals surface area contributed by atoms with E-state index in [4.69, 9.17) is 14.0 Å². The molecule has 0 bridgehead atoms. The zero-order valence-corrected chi connectivity index (χ0v) is 21.8. The number of carbonyl (C=O) groups excluding carboxylic acids is 2. The van der Waals surface area contributed by atoms with Gasteiger partial charge in [-0.3, -0.25) is 4.79 Å². The van der Waals surface area contributed by atoms with Crippen molar-refractivity contribution in [1.82, 2.24) is 10.2 Å². The summed E-state index contributed by atoms with van der Waals surface area (Å²) in [6.45, 7) is 14.2.